The van der Waals surface area contributed by atoms with Crippen molar-refractivity contribution in [3.05, 3.63) is 35.9 Å². The third-order valence-corrected chi connectivity index (χ3v) is 3.11. The van der Waals surface area contributed by atoms with E-state index in [2.05, 4.69) is 4.90 Å². The number of hydrogen-bond acceptors (Lipinski definition) is 2. The fraction of sp³-hybridized carbons (Fsp3) is 0.417. The number of carboxylic acid groups (broad SMARTS) is 1. The Morgan fingerprint density at radius 3 is 2.67 bits per heavy atom. The van der Waals surface area contributed by atoms with Gasteiger partial charge in [-0.1, -0.05) is 30.3 Å². The van der Waals surface area contributed by atoms with Gasteiger partial charge < -0.3 is 5.11 Å². The Labute approximate surface area is 89.3 Å². The van der Waals surface area contributed by atoms with Gasteiger partial charge in [0.25, 0.3) is 0 Å². The summed E-state index contributed by atoms with van der Waals surface area (Å²) in [7, 11) is 1.99. The lowest BCUT2D eigenvalue weighted by Crippen LogP contribution is -2.25. The molecule has 0 bridgehead atoms. The topological polar surface area (TPSA) is 40.5 Å². The van der Waals surface area contributed by atoms with Crippen LogP contribution in [0, 0.1) is 5.92 Å². The van der Waals surface area contributed by atoms with Crippen LogP contribution >= 0.6 is 0 Å². The number of rotatable bonds is 2. The number of aliphatic carboxylic acids is 1. The van der Waals surface area contributed by atoms with Crippen LogP contribution in [0.2, 0.25) is 0 Å². The van der Waals surface area contributed by atoms with Gasteiger partial charge in [-0.15, -0.1) is 0 Å². The van der Waals surface area contributed by atoms with E-state index < -0.39 is 5.97 Å². The van der Waals surface area contributed by atoms with Gasteiger partial charge in [0.1, 0.15) is 0 Å². The summed E-state index contributed by atoms with van der Waals surface area (Å²) in [5, 5.41) is 9.14. The van der Waals surface area contributed by atoms with E-state index in [-0.39, 0.29) is 12.0 Å². The first-order valence-electron chi connectivity index (χ1n) is 5.18. The van der Waals surface area contributed by atoms with Crippen molar-refractivity contribution in [2.45, 2.75) is 12.5 Å². The summed E-state index contributed by atoms with van der Waals surface area (Å²) < 4.78 is 0. The van der Waals surface area contributed by atoms with Crippen LogP contribution in [0.4, 0.5) is 0 Å². The molecular formula is C12H15NO2. The van der Waals surface area contributed by atoms with E-state index in [0.29, 0.717) is 0 Å². The lowest BCUT2D eigenvalue weighted by Gasteiger charge is -2.23. The Morgan fingerprint density at radius 1 is 1.40 bits per heavy atom. The smallest absolute Gasteiger partial charge is 0.308 e. The van der Waals surface area contributed by atoms with E-state index in [1.54, 1.807) is 0 Å². The van der Waals surface area contributed by atoms with Crippen LogP contribution in [0.5, 0.6) is 0 Å². The average Bonchev–Trinajstić information content (AvgIpc) is 2.61. The summed E-state index contributed by atoms with van der Waals surface area (Å²) >= 11 is 0. The van der Waals surface area contributed by atoms with Crippen molar-refractivity contribution in [1.82, 2.24) is 4.90 Å². The van der Waals surface area contributed by atoms with Crippen molar-refractivity contribution < 1.29 is 9.90 Å². The third-order valence-electron chi connectivity index (χ3n) is 3.11. The Kier molecular flexibility index (Phi) is 2.73. The molecular weight excluding hydrogens is 190 g/mol. The molecule has 1 aliphatic rings. The van der Waals surface area contributed by atoms with E-state index in [1.165, 1.54) is 0 Å². The van der Waals surface area contributed by atoms with Gasteiger partial charge in [0.15, 0.2) is 0 Å². The molecule has 0 aromatic heterocycles. The van der Waals surface area contributed by atoms with Gasteiger partial charge in [-0.05, 0) is 25.6 Å². The zero-order chi connectivity index (χ0) is 10.8. The highest BCUT2D eigenvalue weighted by Gasteiger charge is 2.37. The Hall–Kier alpha value is -1.35. The molecule has 0 aliphatic carbocycles. The van der Waals surface area contributed by atoms with Crippen molar-refractivity contribution >= 4 is 5.97 Å². The molecule has 3 heteroatoms. The largest absolute Gasteiger partial charge is 0.481 e. The molecule has 0 amide bonds. The quantitative estimate of drug-likeness (QED) is 0.799. The minimum Gasteiger partial charge on any atom is -0.481 e. The van der Waals surface area contributed by atoms with Crippen LogP contribution in [-0.4, -0.2) is 29.6 Å². The van der Waals surface area contributed by atoms with Gasteiger partial charge >= 0.3 is 5.97 Å². The maximum atomic E-state index is 11.1. The molecule has 2 rings (SSSR count). The summed E-state index contributed by atoms with van der Waals surface area (Å²) in [4.78, 5) is 13.2. The summed E-state index contributed by atoms with van der Waals surface area (Å²) in [6.45, 7) is 0.858. The van der Waals surface area contributed by atoms with Crippen LogP contribution < -0.4 is 0 Å². The minimum absolute atomic E-state index is 0.0312. The summed E-state index contributed by atoms with van der Waals surface area (Å²) in [5.74, 6) is -0.953. The molecule has 1 aliphatic heterocycles. The molecule has 1 aromatic carbocycles. The lowest BCUT2D eigenvalue weighted by atomic mass is 9.94. The number of benzene rings is 1. The van der Waals surface area contributed by atoms with E-state index >= 15 is 0 Å². The predicted octanol–water partition coefficient (Wildman–Crippen LogP) is 1.76. The second kappa shape index (κ2) is 4.03. The summed E-state index contributed by atoms with van der Waals surface area (Å²) in [6.07, 6.45) is 0.741. The monoisotopic (exact) mass is 205 g/mol. The van der Waals surface area contributed by atoms with Crippen LogP contribution in [0.3, 0.4) is 0 Å². The maximum absolute atomic E-state index is 11.1. The lowest BCUT2D eigenvalue weighted by molar-refractivity contribution is -0.142. The van der Waals surface area contributed by atoms with Crippen molar-refractivity contribution in [2.75, 3.05) is 13.6 Å². The minimum atomic E-state index is -0.687. The third kappa shape index (κ3) is 1.88. The van der Waals surface area contributed by atoms with Crippen LogP contribution in [0.1, 0.15) is 18.0 Å². The zero-order valence-corrected chi connectivity index (χ0v) is 8.76. The number of carboxylic acids is 1. The van der Waals surface area contributed by atoms with Crippen molar-refractivity contribution in [3.8, 4) is 0 Å². The fourth-order valence-electron chi connectivity index (χ4n) is 2.34. The zero-order valence-electron chi connectivity index (χ0n) is 8.76. The van der Waals surface area contributed by atoms with Gasteiger partial charge in [0.05, 0.1) is 5.92 Å². The van der Waals surface area contributed by atoms with Crippen LogP contribution in [0.25, 0.3) is 0 Å². The summed E-state index contributed by atoms with van der Waals surface area (Å²) in [6, 6.07) is 9.91. The molecule has 1 aromatic rings. The number of carbonyl (C=O) groups is 1. The average molecular weight is 205 g/mol. The first-order chi connectivity index (χ1) is 7.20. The van der Waals surface area contributed by atoms with Crippen LogP contribution in [-0.2, 0) is 4.79 Å². The molecule has 15 heavy (non-hydrogen) atoms. The highest BCUT2D eigenvalue weighted by Crippen LogP contribution is 2.35. The molecule has 0 radical (unpaired) electrons. The van der Waals surface area contributed by atoms with E-state index in [4.69, 9.17) is 5.11 Å². The van der Waals surface area contributed by atoms with E-state index in [1.807, 2.05) is 37.4 Å². The van der Waals surface area contributed by atoms with Gasteiger partial charge in [-0.3, -0.25) is 9.69 Å². The van der Waals surface area contributed by atoms with E-state index in [9.17, 15) is 4.79 Å². The fourth-order valence-corrected chi connectivity index (χ4v) is 2.34. The van der Waals surface area contributed by atoms with Crippen molar-refractivity contribution in [1.29, 1.82) is 0 Å². The molecule has 3 nitrogen and oxygen atoms in total. The molecule has 0 saturated carbocycles. The van der Waals surface area contributed by atoms with Gasteiger partial charge in [0.2, 0.25) is 0 Å². The molecule has 80 valence electrons. The van der Waals surface area contributed by atoms with Gasteiger partial charge in [-0.2, -0.15) is 0 Å². The molecule has 2 atom stereocenters. The van der Waals surface area contributed by atoms with Gasteiger partial charge in [-0.25, -0.2) is 0 Å². The molecule has 1 heterocycles. The molecule has 0 spiro atoms. The standard InChI is InChI=1S/C12H15NO2/c1-13-8-7-10(12(14)15)11(13)9-5-3-2-4-6-9/h2-6,10-11H,7-8H2,1H3,(H,14,15)/t10-,11+/m0/s1. The molecule has 0 unspecified atom stereocenters. The highest BCUT2D eigenvalue weighted by atomic mass is 16.4. The summed E-state index contributed by atoms with van der Waals surface area (Å²) in [5.41, 5.74) is 1.10. The first-order valence-corrected chi connectivity index (χ1v) is 5.18. The Morgan fingerprint density at radius 2 is 2.07 bits per heavy atom. The SMILES string of the molecule is CN1CC[C@H](C(=O)O)[C@H]1c1ccccc1. The van der Waals surface area contributed by atoms with Gasteiger partial charge in [0, 0.05) is 6.04 Å². The number of hydrogen-bond donors (Lipinski definition) is 1. The van der Waals surface area contributed by atoms with Crippen molar-refractivity contribution in [3.63, 3.8) is 0 Å². The molecule has 1 saturated heterocycles. The predicted molar refractivity (Wildman–Crippen MR) is 57.6 cm³/mol. The normalized spacial score (nSPS) is 26.7. The number of nitrogens with zero attached hydrogens (tertiary/aromatic N) is 1. The number of likely N-dealkylation sites (tertiary alicyclic amines) is 1. The van der Waals surface area contributed by atoms with E-state index in [0.717, 1.165) is 18.5 Å². The second-order valence-electron chi connectivity index (χ2n) is 4.07. The Bertz CT molecular complexity index is 350. The Balaban J connectivity index is 2.29. The molecule has 1 fully saturated rings. The second-order valence-corrected chi connectivity index (χ2v) is 4.07. The molecule has 1 N–H and O–H groups in total. The highest BCUT2D eigenvalue weighted by molar-refractivity contribution is 5.71. The van der Waals surface area contributed by atoms with Crippen LogP contribution in [0.15, 0.2) is 30.3 Å². The first kappa shape index (κ1) is 10.2. The van der Waals surface area contributed by atoms with Crippen molar-refractivity contribution in [2.24, 2.45) is 5.92 Å². The maximum Gasteiger partial charge on any atom is 0.308 e.